The van der Waals surface area contributed by atoms with Crippen molar-refractivity contribution in [3.8, 4) is 0 Å². The van der Waals surface area contributed by atoms with Gasteiger partial charge in [0.15, 0.2) is 16.4 Å². The van der Waals surface area contributed by atoms with E-state index in [0.29, 0.717) is 12.0 Å². The molecule has 25 heavy (non-hydrogen) atoms. The minimum atomic E-state index is -3.10. The zero-order valence-corrected chi connectivity index (χ0v) is 14.5. The highest BCUT2D eigenvalue weighted by atomic mass is 32.2. The largest absolute Gasteiger partial charge is 0.454 e. The fourth-order valence-corrected chi connectivity index (χ4v) is 4.04. The van der Waals surface area contributed by atoms with Gasteiger partial charge in [0.05, 0.1) is 11.5 Å². The minimum absolute atomic E-state index is 0.0420. The molecule has 8 nitrogen and oxygen atoms in total. The van der Waals surface area contributed by atoms with Crippen molar-refractivity contribution in [3.05, 3.63) is 35.9 Å². The van der Waals surface area contributed by atoms with E-state index in [1.165, 1.54) is 6.92 Å². The van der Waals surface area contributed by atoms with Crippen LogP contribution in [0.5, 0.6) is 0 Å². The number of sulfone groups is 1. The molecule has 1 saturated heterocycles. The van der Waals surface area contributed by atoms with E-state index in [1.54, 1.807) is 30.3 Å². The highest BCUT2D eigenvalue weighted by Crippen LogP contribution is 2.11. The SMILES string of the molecule is C[C@H](NC(=O)c1ccccc1)C(=O)OCC(=O)N[C@@H]1CCS(=O)(=O)C1. The summed E-state index contributed by atoms with van der Waals surface area (Å²) in [6, 6.07) is 7.01. The van der Waals surface area contributed by atoms with Crippen molar-refractivity contribution in [2.24, 2.45) is 0 Å². The summed E-state index contributed by atoms with van der Waals surface area (Å²) in [5.41, 5.74) is 0.405. The molecule has 1 aliphatic rings. The number of nitrogens with one attached hydrogen (secondary N) is 2. The number of carbonyl (C=O) groups excluding carboxylic acids is 3. The number of benzene rings is 1. The molecule has 1 aromatic rings. The van der Waals surface area contributed by atoms with E-state index in [1.807, 2.05) is 0 Å². The number of carbonyl (C=O) groups is 3. The van der Waals surface area contributed by atoms with Gasteiger partial charge >= 0.3 is 5.97 Å². The van der Waals surface area contributed by atoms with Crippen molar-refractivity contribution in [1.82, 2.24) is 10.6 Å². The Bertz CT molecular complexity index is 747. The monoisotopic (exact) mass is 368 g/mol. The summed E-state index contributed by atoms with van der Waals surface area (Å²) in [4.78, 5) is 35.5. The Kier molecular flexibility index (Phi) is 6.13. The molecule has 2 rings (SSSR count). The third-order valence-electron chi connectivity index (χ3n) is 3.68. The third kappa shape index (κ3) is 5.86. The maximum atomic E-state index is 11.9. The van der Waals surface area contributed by atoms with Gasteiger partial charge in [0, 0.05) is 11.6 Å². The van der Waals surface area contributed by atoms with Crippen LogP contribution in [0.25, 0.3) is 0 Å². The second-order valence-corrected chi connectivity index (χ2v) is 8.07. The second-order valence-electron chi connectivity index (χ2n) is 5.84. The van der Waals surface area contributed by atoms with E-state index in [9.17, 15) is 22.8 Å². The van der Waals surface area contributed by atoms with Crippen LogP contribution in [0, 0.1) is 0 Å². The lowest BCUT2D eigenvalue weighted by molar-refractivity contribution is -0.150. The van der Waals surface area contributed by atoms with Crippen LogP contribution in [0.1, 0.15) is 23.7 Å². The normalized spacial score (nSPS) is 19.6. The van der Waals surface area contributed by atoms with E-state index in [0.717, 1.165) is 0 Å². The van der Waals surface area contributed by atoms with Gasteiger partial charge in [-0.1, -0.05) is 18.2 Å². The summed E-state index contributed by atoms with van der Waals surface area (Å²) in [5, 5.41) is 4.99. The molecule has 2 N–H and O–H groups in total. The number of amides is 2. The smallest absolute Gasteiger partial charge is 0.328 e. The predicted molar refractivity (Wildman–Crippen MR) is 89.5 cm³/mol. The van der Waals surface area contributed by atoms with Gasteiger partial charge in [0.25, 0.3) is 11.8 Å². The van der Waals surface area contributed by atoms with Crippen molar-refractivity contribution < 1.29 is 27.5 Å². The summed E-state index contributed by atoms with van der Waals surface area (Å²) in [5.74, 6) is -1.81. The van der Waals surface area contributed by atoms with Gasteiger partial charge in [-0.3, -0.25) is 9.59 Å². The Labute approximate surface area is 145 Å². The maximum Gasteiger partial charge on any atom is 0.328 e. The Morgan fingerprint density at radius 2 is 1.92 bits per heavy atom. The summed E-state index contributed by atoms with van der Waals surface area (Å²) in [6.45, 7) is 0.922. The van der Waals surface area contributed by atoms with Crippen molar-refractivity contribution in [3.63, 3.8) is 0 Å². The first-order valence-corrected chi connectivity index (χ1v) is 9.61. The molecule has 1 aromatic carbocycles. The van der Waals surface area contributed by atoms with Crippen LogP contribution >= 0.6 is 0 Å². The molecule has 0 saturated carbocycles. The van der Waals surface area contributed by atoms with Crippen molar-refractivity contribution >= 4 is 27.6 Å². The van der Waals surface area contributed by atoms with Gasteiger partial charge in [-0.2, -0.15) is 0 Å². The van der Waals surface area contributed by atoms with Crippen LogP contribution in [-0.4, -0.2) is 56.4 Å². The first-order chi connectivity index (χ1) is 11.8. The molecule has 2 amide bonds. The van der Waals surface area contributed by atoms with Crippen LogP contribution in [0.4, 0.5) is 0 Å². The first-order valence-electron chi connectivity index (χ1n) is 7.79. The van der Waals surface area contributed by atoms with Gasteiger partial charge in [0.1, 0.15) is 6.04 Å². The highest BCUT2D eigenvalue weighted by Gasteiger charge is 2.29. The van der Waals surface area contributed by atoms with Crippen LogP contribution in [0.2, 0.25) is 0 Å². The standard InChI is InChI=1S/C16H20N2O6S/c1-11(17-15(20)12-5-3-2-4-6-12)16(21)24-9-14(19)18-13-7-8-25(22,23)10-13/h2-6,11,13H,7-10H2,1H3,(H,17,20)(H,18,19)/t11-,13+/m0/s1. The van der Waals surface area contributed by atoms with Gasteiger partial charge < -0.3 is 15.4 Å². The van der Waals surface area contributed by atoms with Gasteiger partial charge in [0.2, 0.25) is 0 Å². The van der Waals surface area contributed by atoms with Crippen molar-refractivity contribution in [2.75, 3.05) is 18.1 Å². The lowest BCUT2D eigenvalue weighted by Gasteiger charge is -2.14. The molecule has 136 valence electrons. The molecule has 9 heteroatoms. The van der Waals surface area contributed by atoms with Gasteiger partial charge in [-0.25, -0.2) is 13.2 Å². The highest BCUT2D eigenvalue weighted by molar-refractivity contribution is 7.91. The quantitative estimate of drug-likeness (QED) is 0.663. The molecular weight excluding hydrogens is 348 g/mol. The van der Waals surface area contributed by atoms with Crippen molar-refractivity contribution in [2.45, 2.75) is 25.4 Å². The number of esters is 1. The first kappa shape index (κ1) is 18.9. The summed E-state index contributed by atoms with van der Waals surface area (Å²) >= 11 is 0. The Morgan fingerprint density at radius 1 is 1.24 bits per heavy atom. The van der Waals surface area contributed by atoms with Crippen LogP contribution in [0.3, 0.4) is 0 Å². The molecule has 0 aliphatic carbocycles. The molecule has 0 aromatic heterocycles. The molecule has 0 unspecified atom stereocenters. The van der Waals surface area contributed by atoms with E-state index >= 15 is 0 Å². The predicted octanol–water partition coefficient (Wildman–Crippen LogP) is -0.349. The van der Waals surface area contributed by atoms with Crippen molar-refractivity contribution in [1.29, 1.82) is 0 Å². The molecule has 0 spiro atoms. The van der Waals surface area contributed by atoms with E-state index < -0.39 is 46.3 Å². The number of rotatable bonds is 6. The Morgan fingerprint density at radius 3 is 2.52 bits per heavy atom. The topological polar surface area (TPSA) is 119 Å². The van der Waals surface area contributed by atoms with Crippen LogP contribution in [-0.2, 0) is 24.2 Å². The van der Waals surface area contributed by atoms with E-state index in [2.05, 4.69) is 10.6 Å². The average Bonchev–Trinajstić information content (AvgIpc) is 2.91. The van der Waals surface area contributed by atoms with Gasteiger partial charge in [-0.15, -0.1) is 0 Å². The molecule has 1 heterocycles. The summed E-state index contributed by atoms with van der Waals surface area (Å²) in [7, 11) is -3.10. The maximum absolute atomic E-state index is 11.9. The third-order valence-corrected chi connectivity index (χ3v) is 5.45. The van der Waals surface area contributed by atoms with E-state index in [4.69, 9.17) is 4.74 Å². The number of hydrogen-bond donors (Lipinski definition) is 2. The molecule has 1 fully saturated rings. The summed E-state index contributed by atoms with van der Waals surface area (Å²) < 4.78 is 27.5. The average molecular weight is 368 g/mol. The molecule has 0 radical (unpaired) electrons. The van der Waals surface area contributed by atoms with Crippen LogP contribution in [0.15, 0.2) is 30.3 Å². The van der Waals surface area contributed by atoms with Crippen LogP contribution < -0.4 is 10.6 Å². The molecule has 1 aliphatic heterocycles. The molecular formula is C16H20N2O6S. The zero-order valence-electron chi connectivity index (χ0n) is 13.7. The zero-order chi connectivity index (χ0) is 18.4. The Balaban J connectivity index is 1.74. The fraction of sp³-hybridized carbons (Fsp3) is 0.438. The molecule has 0 bridgehead atoms. The second kappa shape index (κ2) is 8.11. The fourth-order valence-electron chi connectivity index (χ4n) is 2.37. The number of hydrogen-bond acceptors (Lipinski definition) is 6. The van der Waals surface area contributed by atoms with E-state index in [-0.39, 0.29) is 11.5 Å². The summed E-state index contributed by atoms with van der Waals surface area (Å²) in [6.07, 6.45) is 0.353. The lowest BCUT2D eigenvalue weighted by atomic mass is 10.2. The lowest BCUT2D eigenvalue weighted by Crippen LogP contribution is -2.42. The molecule has 2 atom stereocenters. The minimum Gasteiger partial charge on any atom is -0.454 e. The number of ether oxygens (including phenoxy) is 1. The Hall–Kier alpha value is -2.42. The van der Waals surface area contributed by atoms with Gasteiger partial charge in [-0.05, 0) is 25.5 Å².